The summed E-state index contributed by atoms with van der Waals surface area (Å²) in [6, 6.07) is 5.58. The molecule has 12 heavy (non-hydrogen) atoms. The number of aromatic nitrogens is 1. The summed E-state index contributed by atoms with van der Waals surface area (Å²) in [6.07, 6.45) is 6.08. The second-order valence-electron chi connectivity index (χ2n) is 2.61. The standard InChI is InChI=1S/C10H12N2/c1-3-8-6-5-7-10(12-8)9(11)4-2/h1,5-7,9H,4,11H2,2H3. The number of terminal acetylenes is 1. The minimum absolute atomic E-state index is 0.00157. The molecule has 0 spiro atoms. The molecule has 1 atom stereocenters. The number of nitrogens with two attached hydrogens (primary N) is 1. The van der Waals surface area contributed by atoms with Crippen LogP contribution in [0.3, 0.4) is 0 Å². The van der Waals surface area contributed by atoms with Crippen LogP contribution in [0.2, 0.25) is 0 Å². The van der Waals surface area contributed by atoms with Gasteiger partial charge in [-0.3, -0.25) is 0 Å². The zero-order valence-electron chi connectivity index (χ0n) is 7.12. The molecule has 1 aromatic heterocycles. The Balaban J connectivity index is 2.95. The molecule has 0 fully saturated rings. The highest BCUT2D eigenvalue weighted by molar-refractivity contribution is 5.26. The van der Waals surface area contributed by atoms with Gasteiger partial charge in [-0.1, -0.05) is 18.9 Å². The minimum atomic E-state index is -0.00157. The van der Waals surface area contributed by atoms with Crippen LogP contribution in [-0.4, -0.2) is 4.98 Å². The third-order valence-corrected chi connectivity index (χ3v) is 1.74. The van der Waals surface area contributed by atoms with Crippen LogP contribution in [0.15, 0.2) is 18.2 Å². The van der Waals surface area contributed by atoms with E-state index in [-0.39, 0.29) is 6.04 Å². The summed E-state index contributed by atoms with van der Waals surface area (Å²) in [7, 11) is 0. The quantitative estimate of drug-likeness (QED) is 0.665. The van der Waals surface area contributed by atoms with E-state index < -0.39 is 0 Å². The lowest BCUT2D eigenvalue weighted by atomic mass is 10.1. The van der Waals surface area contributed by atoms with Crippen molar-refractivity contribution in [1.29, 1.82) is 0 Å². The maximum atomic E-state index is 5.79. The van der Waals surface area contributed by atoms with Crippen LogP contribution in [0.5, 0.6) is 0 Å². The largest absolute Gasteiger partial charge is 0.323 e. The van der Waals surface area contributed by atoms with E-state index in [0.29, 0.717) is 5.69 Å². The topological polar surface area (TPSA) is 38.9 Å². The Bertz CT molecular complexity index is 299. The summed E-state index contributed by atoms with van der Waals surface area (Å²) in [5.74, 6) is 2.48. The van der Waals surface area contributed by atoms with Gasteiger partial charge in [-0.2, -0.15) is 0 Å². The van der Waals surface area contributed by atoms with E-state index in [1.54, 1.807) is 6.07 Å². The van der Waals surface area contributed by atoms with Crippen molar-refractivity contribution in [1.82, 2.24) is 4.98 Å². The molecule has 0 aromatic carbocycles. The molecular formula is C10H12N2. The highest BCUT2D eigenvalue weighted by Gasteiger charge is 2.03. The second-order valence-corrected chi connectivity index (χ2v) is 2.61. The van der Waals surface area contributed by atoms with E-state index in [4.69, 9.17) is 12.2 Å². The van der Waals surface area contributed by atoms with E-state index >= 15 is 0 Å². The highest BCUT2D eigenvalue weighted by atomic mass is 14.8. The molecule has 0 aliphatic heterocycles. The van der Waals surface area contributed by atoms with Gasteiger partial charge < -0.3 is 5.73 Å². The molecular weight excluding hydrogens is 148 g/mol. The maximum absolute atomic E-state index is 5.79. The number of hydrogen-bond acceptors (Lipinski definition) is 2. The molecule has 1 rings (SSSR count). The van der Waals surface area contributed by atoms with Crippen molar-refractivity contribution in [3.8, 4) is 12.3 Å². The minimum Gasteiger partial charge on any atom is -0.323 e. The Hall–Kier alpha value is -1.33. The molecule has 0 bridgehead atoms. The smallest absolute Gasteiger partial charge is 0.113 e. The zero-order chi connectivity index (χ0) is 8.97. The van der Waals surface area contributed by atoms with E-state index in [1.807, 2.05) is 19.1 Å². The molecule has 2 N–H and O–H groups in total. The predicted octanol–water partition coefficient (Wildman–Crippen LogP) is 1.47. The fourth-order valence-electron chi connectivity index (χ4n) is 0.948. The van der Waals surface area contributed by atoms with Crippen molar-refractivity contribution in [3.63, 3.8) is 0 Å². The lowest BCUT2D eigenvalue weighted by Gasteiger charge is -2.07. The molecule has 0 radical (unpaired) electrons. The summed E-state index contributed by atoms with van der Waals surface area (Å²) >= 11 is 0. The van der Waals surface area contributed by atoms with Crippen molar-refractivity contribution in [2.75, 3.05) is 0 Å². The SMILES string of the molecule is C#Cc1cccc(C(N)CC)n1. The van der Waals surface area contributed by atoms with Gasteiger partial charge in [-0.15, -0.1) is 6.42 Å². The molecule has 1 unspecified atom stereocenters. The first-order valence-corrected chi connectivity index (χ1v) is 3.97. The first-order chi connectivity index (χ1) is 5.77. The fourth-order valence-corrected chi connectivity index (χ4v) is 0.948. The molecule has 0 aliphatic rings. The van der Waals surface area contributed by atoms with Gasteiger partial charge in [-0.05, 0) is 18.6 Å². The second kappa shape index (κ2) is 3.89. The lowest BCUT2D eigenvalue weighted by molar-refractivity contribution is 0.674. The van der Waals surface area contributed by atoms with Gasteiger partial charge in [0.25, 0.3) is 0 Å². The van der Waals surface area contributed by atoms with E-state index in [0.717, 1.165) is 12.1 Å². The summed E-state index contributed by atoms with van der Waals surface area (Å²) in [5.41, 5.74) is 7.30. The van der Waals surface area contributed by atoms with Gasteiger partial charge in [0.05, 0.1) is 5.69 Å². The van der Waals surface area contributed by atoms with Crippen LogP contribution in [0, 0.1) is 12.3 Å². The van der Waals surface area contributed by atoms with Crippen LogP contribution >= 0.6 is 0 Å². The van der Waals surface area contributed by atoms with E-state index in [9.17, 15) is 0 Å². The van der Waals surface area contributed by atoms with Crippen LogP contribution < -0.4 is 5.73 Å². The molecule has 2 heteroatoms. The Labute approximate surface area is 72.8 Å². The van der Waals surface area contributed by atoms with Gasteiger partial charge in [0, 0.05) is 6.04 Å². The Morgan fingerprint density at radius 3 is 3.00 bits per heavy atom. The first kappa shape index (κ1) is 8.76. The number of nitrogens with zero attached hydrogens (tertiary/aromatic N) is 1. The van der Waals surface area contributed by atoms with Crippen LogP contribution in [0.25, 0.3) is 0 Å². The monoisotopic (exact) mass is 160 g/mol. The van der Waals surface area contributed by atoms with E-state index in [1.165, 1.54) is 0 Å². The fraction of sp³-hybridized carbons (Fsp3) is 0.300. The van der Waals surface area contributed by atoms with Crippen molar-refractivity contribution in [2.45, 2.75) is 19.4 Å². The Morgan fingerprint density at radius 2 is 2.42 bits per heavy atom. The Kier molecular flexibility index (Phi) is 2.84. The average Bonchev–Trinajstić information content (AvgIpc) is 2.17. The number of pyridine rings is 1. The predicted molar refractivity (Wildman–Crippen MR) is 49.4 cm³/mol. The third-order valence-electron chi connectivity index (χ3n) is 1.74. The summed E-state index contributed by atoms with van der Waals surface area (Å²) in [4.78, 5) is 4.20. The molecule has 1 aromatic rings. The van der Waals surface area contributed by atoms with Crippen LogP contribution in [0.4, 0.5) is 0 Å². The zero-order valence-corrected chi connectivity index (χ0v) is 7.12. The van der Waals surface area contributed by atoms with Gasteiger partial charge in [0.2, 0.25) is 0 Å². The molecule has 1 heterocycles. The van der Waals surface area contributed by atoms with Crippen molar-refractivity contribution >= 4 is 0 Å². The van der Waals surface area contributed by atoms with Crippen LogP contribution in [-0.2, 0) is 0 Å². The van der Waals surface area contributed by atoms with Gasteiger partial charge in [-0.25, -0.2) is 4.98 Å². The summed E-state index contributed by atoms with van der Waals surface area (Å²) < 4.78 is 0. The average molecular weight is 160 g/mol. The maximum Gasteiger partial charge on any atom is 0.113 e. The van der Waals surface area contributed by atoms with Gasteiger partial charge in [0.15, 0.2) is 0 Å². The third kappa shape index (κ3) is 1.84. The Morgan fingerprint density at radius 1 is 1.67 bits per heavy atom. The molecule has 0 saturated carbocycles. The van der Waals surface area contributed by atoms with Crippen LogP contribution in [0.1, 0.15) is 30.8 Å². The molecule has 0 aliphatic carbocycles. The lowest BCUT2D eigenvalue weighted by Crippen LogP contribution is -2.10. The van der Waals surface area contributed by atoms with Crippen molar-refractivity contribution in [2.24, 2.45) is 5.73 Å². The number of hydrogen-bond donors (Lipinski definition) is 1. The van der Waals surface area contributed by atoms with Crippen molar-refractivity contribution in [3.05, 3.63) is 29.6 Å². The molecule has 0 amide bonds. The summed E-state index contributed by atoms with van der Waals surface area (Å²) in [6.45, 7) is 2.02. The summed E-state index contributed by atoms with van der Waals surface area (Å²) in [5, 5.41) is 0. The molecule has 2 nitrogen and oxygen atoms in total. The molecule has 62 valence electrons. The van der Waals surface area contributed by atoms with E-state index in [2.05, 4.69) is 10.9 Å². The molecule has 0 saturated heterocycles. The normalized spacial score (nSPS) is 12.1. The number of rotatable bonds is 2. The van der Waals surface area contributed by atoms with Crippen molar-refractivity contribution < 1.29 is 0 Å². The van der Waals surface area contributed by atoms with Gasteiger partial charge >= 0.3 is 0 Å². The first-order valence-electron chi connectivity index (χ1n) is 3.97. The highest BCUT2D eigenvalue weighted by Crippen LogP contribution is 2.10. The van der Waals surface area contributed by atoms with Gasteiger partial charge in [0.1, 0.15) is 5.69 Å².